The lowest BCUT2D eigenvalue weighted by Gasteiger charge is -2.13. The zero-order valence-electron chi connectivity index (χ0n) is 9.54. The molecule has 1 aromatic heterocycles. The number of nitrogens with zero attached hydrogens (tertiary/aromatic N) is 2. The second kappa shape index (κ2) is 4.30. The van der Waals surface area contributed by atoms with Crippen molar-refractivity contribution in [1.29, 1.82) is 0 Å². The van der Waals surface area contributed by atoms with E-state index < -0.39 is 0 Å². The molecule has 2 unspecified atom stereocenters. The Morgan fingerprint density at radius 3 is 2.88 bits per heavy atom. The van der Waals surface area contributed by atoms with Crippen molar-refractivity contribution in [2.45, 2.75) is 31.4 Å². The monoisotopic (exact) mass is 229 g/mol. The molecule has 2 aromatic rings. The Bertz CT molecular complexity index is 524. The molecule has 4 nitrogen and oxygen atoms in total. The minimum Gasteiger partial charge on any atom is -0.474 e. The lowest BCUT2D eigenvalue weighted by Crippen LogP contribution is -2.19. The van der Waals surface area contributed by atoms with Crippen LogP contribution in [0.4, 0.5) is 0 Å². The minimum absolute atomic E-state index is 0.198. The summed E-state index contributed by atoms with van der Waals surface area (Å²) in [4.78, 5) is 8.44. The van der Waals surface area contributed by atoms with Gasteiger partial charge in [0.2, 0.25) is 5.88 Å². The molecule has 17 heavy (non-hydrogen) atoms. The Labute approximate surface area is 99.8 Å². The highest BCUT2D eigenvalue weighted by Crippen LogP contribution is 2.26. The average Bonchev–Trinajstić information content (AvgIpc) is 2.75. The molecule has 1 aromatic carbocycles. The van der Waals surface area contributed by atoms with Gasteiger partial charge in [-0.25, -0.2) is 9.97 Å². The Morgan fingerprint density at radius 2 is 2.06 bits per heavy atom. The van der Waals surface area contributed by atoms with Gasteiger partial charge < -0.3 is 10.5 Å². The zero-order chi connectivity index (χ0) is 11.7. The third kappa shape index (κ3) is 2.08. The van der Waals surface area contributed by atoms with E-state index in [2.05, 4.69) is 9.97 Å². The Hall–Kier alpha value is -1.68. The molecule has 0 radical (unpaired) electrons. The number of fused-ring (bicyclic) bond motifs is 1. The number of rotatable bonds is 2. The van der Waals surface area contributed by atoms with Crippen LogP contribution < -0.4 is 10.5 Å². The molecule has 1 fully saturated rings. The third-order valence-corrected chi connectivity index (χ3v) is 3.21. The van der Waals surface area contributed by atoms with Gasteiger partial charge in [0.05, 0.1) is 10.9 Å². The van der Waals surface area contributed by atoms with Crippen molar-refractivity contribution in [3.05, 3.63) is 30.6 Å². The van der Waals surface area contributed by atoms with Gasteiger partial charge in [0.15, 0.2) is 0 Å². The lowest BCUT2D eigenvalue weighted by atomic mass is 10.2. The second-order valence-electron chi connectivity index (χ2n) is 4.51. The van der Waals surface area contributed by atoms with Gasteiger partial charge in [0.25, 0.3) is 0 Å². The average molecular weight is 229 g/mol. The number of ether oxygens (including phenoxy) is 1. The molecule has 0 aliphatic heterocycles. The van der Waals surface area contributed by atoms with Crippen LogP contribution in [0.3, 0.4) is 0 Å². The van der Waals surface area contributed by atoms with Crippen molar-refractivity contribution in [2.75, 3.05) is 0 Å². The smallest absolute Gasteiger partial charge is 0.224 e. The number of aromatic nitrogens is 2. The fourth-order valence-corrected chi connectivity index (χ4v) is 2.31. The van der Waals surface area contributed by atoms with Crippen LogP contribution >= 0.6 is 0 Å². The number of benzene rings is 1. The SMILES string of the molecule is NC1CCC(Oc2ncnc3ccccc23)C1. The zero-order valence-corrected chi connectivity index (χ0v) is 9.54. The Kier molecular flexibility index (Phi) is 2.65. The highest BCUT2D eigenvalue weighted by molar-refractivity contribution is 5.82. The molecule has 4 heteroatoms. The maximum atomic E-state index is 5.93. The van der Waals surface area contributed by atoms with Crippen molar-refractivity contribution >= 4 is 10.9 Å². The van der Waals surface area contributed by atoms with Gasteiger partial charge in [-0.1, -0.05) is 12.1 Å². The first-order valence-electron chi connectivity index (χ1n) is 5.95. The van der Waals surface area contributed by atoms with Crippen molar-refractivity contribution in [2.24, 2.45) is 5.73 Å². The number of hydrogen-bond donors (Lipinski definition) is 1. The molecule has 88 valence electrons. The van der Waals surface area contributed by atoms with E-state index in [1.807, 2.05) is 24.3 Å². The summed E-state index contributed by atoms with van der Waals surface area (Å²) in [7, 11) is 0. The van der Waals surface area contributed by atoms with E-state index in [1.54, 1.807) is 6.33 Å². The van der Waals surface area contributed by atoms with E-state index in [-0.39, 0.29) is 12.1 Å². The van der Waals surface area contributed by atoms with Crippen LogP contribution in [0.15, 0.2) is 30.6 Å². The van der Waals surface area contributed by atoms with Gasteiger partial charge in [-0.05, 0) is 31.4 Å². The quantitative estimate of drug-likeness (QED) is 0.854. The summed E-state index contributed by atoms with van der Waals surface area (Å²) < 4.78 is 5.93. The summed E-state index contributed by atoms with van der Waals surface area (Å²) in [5.74, 6) is 0.676. The Balaban J connectivity index is 1.90. The van der Waals surface area contributed by atoms with Gasteiger partial charge in [-0.15, -0.1) is 0 Å². The molecule has 0 bridgehead atoms. The van der Waals surface area contributed by atoms with E-state index in [0.717, 1.165) is 30.2 Å². The third-order valence-electron chi connectivity index (χ3n) is 3.21. The van der Waals surface area contributed by atoms with E-state index in [0.29, 0.717) is 5.88 Å². The van der Waals surface area contributed by atoms with Gasteiger partial charge in [0.1, 0.15) is 12.4 Å². The fraction of sp³-hybridized carbons (Fsp3) is 0.385. The molecule has 3 rings (SSSR count). The first-order valence-corrected chi connectivity index (χ1v) is 5.95. The maximum absolute atomic E-state index is 5.93. The van der Waals surface area contributed by atoms with Gasteiger partial charge in [-0.2, -0.15) is 0 Å². The van der Waals surface area contributed by atoms with Crippen molar-refractivity contribution in [3.63, 3.8) is 0 Å². The van der Waals surface area contributed by atoms with E-state index in [9.17, 15) is 0 Å². The molecule has 2 N–H and O–H groups in total. The molecule has 0 spiro atoms. The second-order valence-corrected chi connectivity index (χ2v) is 4.51. The first-order chi connectivity index (χ1) is 8.33. The van der Waals surface area contributed by atoms with Crippen LogP contribution in [-0.2, 0) is 0 Å². The van der Waals surface area contributed by atoms with E-state index in [1.165, 1.54) is 0 Å². The highest BCUT2D eigenvalue weighted by atomic mass is 16.5. The van der Waals surface area contributed by atoms with Crippen molar-refractivity contribution in [3.8, 4) is 5.88 Å². The first kappa shape index (κ1) is 10.5. The predicted molar refractivity (Wildman–Crippen MR) is 65.8 cm³/mol. The summed E-state index contributed by atoms with van der Waals surface area (Å²) >= 11 is 0. The highest BCUT2D eigenvalue weighted by Gasteiger charge is 2.24. The van der Waals surface area contributed by atoms with Gasteiger partial charge >= 0.3 is 0 Å². The van der Waals surface area contributed by atoms with Crippen LogP contribution in [0.1, 0.15) is 19.3 Å². The molecule has 1 saturated carbocycles. The molecular formula is C13H15N3O. The number of hydrogen-bond acceptors (Lipinski definition) is 4. The largest absolute Gasteiger partial charge is 0.474 e. The molecule has 1 heterocycles. The van der Waals surface area contributed by atoms with Crippen LogP contribution in [-0.4, -0.2) is 22.1 Å². The van der Waals surface area contributed by atoms with Crippen LogP contribution in [0, 0.1) is 0 Å². The minimum atomic E-state index is 0.198. The van der Waals surface area contributed by atoms with Crippen LogP contribution in [0.25, 0.3) is 10.9 Å². The molecule has 0 saturated heterocycles. The maximum Gasteiger partial charge on any atom is 0.224 e. The predicted octanol–water partition coefficient (Wildman–Crippen LogP) is 1.89. The van der Waals surface area contributed by atoms with Crippen LogP contribution in [0.5, 0.6) is 5.88 Å². The molecule has 1 aliphatic rings. The molecule has 0 amide bonds. The number of nitrogens with two attached hydrogens (primary N) is 1. The van der Waals surface area contributed by atoms with E-state index >= 15 is 0 Å². The molecule has 1 aliphatic carbocycles. The number of para-hydroxylation sites is 1. The standard InChI is InChI=1S/C13H15N3O/c14-9-5-6-10(7-9)17-13-11-3-1-2-4-12(11)15-8-16-13/h1-4,8-10H,5-7,14H2. The summed E-state index contributed by atoms with van der Waals surface area (Å²) in [6.07, 6.45) is 4.71. The lowest BCUT2D eigenvalue weighted by molar-refractivity contribution is 0.202. The van der Waals surface area contributed by atoms with Crippen molar-refractivity contribution < 1.29 is 4.74 Å². The Morgan fingerprint density at radius 1 is 1.18 bits per heavy atom. The summed E-state index contributed by atoms with van der Waals surface area (Å²) in [5.41, 5.74) is 6.80. The summed E-state index contributed by atoms with van der Waals surface area (Å²) in [6.45, 7) is 0. The van der Waals surface area contributed by atoms with Gasteiger partial charge in [-0.3, -0.25) is 0 Å². The summed E-state index contributed by atoms with van der Waals surface area (Å²) in [6, 6.07) is 8.15. The summed E-state index contributed by atoms with van der Waals surface area (Å²) in [5, 5.41) is 0.968. The normalized spacial score (nSPS) is 24.1. The molecule has 2 atom stereocenters. The fourth-order valence-electron chi connectivity index (χ4n) is 2.31. The molecular weight excluding hydrogens is 214 g/mol. The topological polar surface area (TPSA) is 61.0 Å². The van der Waals surface area contributed by atoms with Crippen molar-refractivity contribution in [1.82, 2.24) is 9.97 Å². The van der Waals surface area contributed by atoms with Gasteiger partial charge in [0, 0.05) is 6.04 Å². The van der Waals surface area contributed by atoms with Crippen LogP contribution in [0.2, 0.25) is 0 Å². The van der Waals surface area contributed by atoms with E-state index in [4.69, 9.17) is 10.5 Å².